The number of carbonyl (C=O) groups excluding carboxylic acids is 1. The lowest BCUT2D eigenvalue weighted by atomic mass is 10.2. The van der Waals surface area contributed by atoms with Gasteiger partial charge in [0.2, 0.25) is 21.9 Å². The molecule has 12 heteroatoms. The summed E-state index contributed by atoms with van der Waals surface area (Å²) in [6.45, 7) is 0.158. The standard InChI is InChI=1S/C29H28Cl2N4O5S/c1-39-24-11-13-26(14-12-24)41(37,38)34(17-25-6-3-15-40-25)19-28(36)33-29-32-27(20-7-9-21(30)10-8-20)18-35(29)23-5-2-4-22(31)16-23/h2,4-5,7-14,16,18,25H,3,6,15,17,19H2,1H3,(H,32,33,36)/t25-/m0/s1. The van der Waals surface area contributed by atoms with Crippen LogP contribution in [0.4, 0.5) is 5.95 Å². The predicted molar refractivity (Wildman–Crippen MR) is 158 cm³/mol. The molecule has 2 heterocycles. The number of benzene rings is 3. The molecule has 0 unspecified atom stereocenters. The van der Waals surface area contributed by atoms with Gasteiger partial charge < -0.3 is 9.47 Å². The highest BCUT2D eigenvalue weighted by Crippen LogP contribution is 2.27. The Hall–Kier alpha value is -3.41. The van der Waals surface area contributed by atoms with Gasteiger partial charge in [0, 0.05) is 40.6 Å². The highest BCUT2D eigenvalue weighted by molar-refractivity contribution is 7.89. The molecule has 0 spiro atoms. The van der Waals surface area contributed by atoms with E-state index in [9.17, 15) is 13.2 Å². The number of anilines is 1. The van der Waals surface area contributed by atoms with Gasteiger partial charge in [-0.25, -0.2) is 13.4 Å². The molecule has 214 valence electrons. The van der Waals surface area contributed by atoms with E-state index >= 15 is 0 Å². The number of hydrogen-bond donors (Lipinski definition) is 1. The van der Waals surface area contributed by atoms with Crippen molar-refractivity contribution in [2.45, 2.75) is 23.8 Å². The van der Waals surface area contributed by atoms with E-state index in [0.717, 1.165) is 16.3 Å². The van der Waals surface area contributed by atoms with Crippen molar-refractivity contribution in [3.8, 4) is 22.7 Å². The summed E-state index contributed by atoms with van der Waals surface area (Å²) in [5.41, 5.74) is 2.04. The van der Waals surface area contributed by atoms with Gasteiger partial charge in [-0.15, -0.1) is 0 Å². The van der Waals surface area contributed by atoms with Crippen molar-refractivity contribution in [3.05, 3.63) is 89.0 Å². The van der Waals surface area contributed by atoms with Crippen LogP contribution in [0, 0.1) is 0 Å². The lowest BCUT2D eigenvalue weighted by Gasteiger charge is -2.24. The number of nitrogens with zero attached hydrogens (tertiary/aromatic N) is 3. The lowest BCUT2D eigenvalue weighted by Crippen LogP contribution is -2.42. The van der Waals surface area contributed by atoms with Crippen molar-refractivity contribution >= 4 is 45.1 Å². The average molecular weight is 616 g/mol. The number of hydrogen-bond acceptors (Lipinski definition) is 6. The maximum Gasteiger partial charge on any atom is 0.243 e. The summed E-state index contributed by atoms with van der Waals surface area (Å²) in [6, 6.07) is 20.3. The second-order valence-electron chi connectivity index (χ2n) is 9.46. The first kappa shape index (κ1) is 29.1. The monoisotopic (exact) mass is 614 g/mol. The van der Waals surface area contributed by atoms with Crippen LogP contribution in [0.1, 0.15) is 12.8 Å². The first-order valence-corrected chi connectivity index (χ1v) is 15.1. The van der Waals surface area contributed by atoms with Crippen LogP contribution in [0.3, 0.4) is 0 Å². The molecule has 1 fully saturated rings. The van der Waals surface area contributed by atoms with Gasteiger partial charge in [0.25, 0.3) is 0 Å². The summed E-state index contributed by atoms with van der Waals surface area (Å²) < 4.78 is 41.0. The number of sulfonamides is 1. The molecule has 0 radical (unpaired) electrons. The quantitative estimate of drug-likeness (QED) is 0.247. The molecule has 1 aliphatic rings. The summed E-state index contributed by atoms with van der Waals surface area (Å²) in [7, 11) is -2.53. The van der Waals surface area contributed by atoms with Crippen molar-refractivity contribution < 1.29 is 22.7 Å². The molecule has 1 N–H and O–H groups in total. The van der Waals surface area contributed by atoms with Gasteiger partial charge in [-0.2, -0.15) is 4.31 Å². The Balaban J connectivity index is 1.44. The Morgan fingerprint density at radius 1 is 1.10 bits per heavy atom. The number of amides is 1. The fraction of sp³-hybridized carbons (Fsp3) is 0.241. The Bertz CT molecular complexity index is 1620. The van der Waals surface area contributed by atoms with Crippen molar-refractivity contribution in [2.24, 2.45) is 0 Å². The second kappa shape index (κ2) is 12.6. The lowest BCUT2D eigenvalue weighted by molar-refractivity contribution is -0.116. The van der Waals surface area contributed by atoms with E-state index < -0.39 is 22.5 Å². The smallest absolute Gasteiger partial charge is 0.243 e. The molecule has 0 saturated carbocycles. The molecule has 0 aliphatic carbocycles. The van der Waals surface area contributed by atoms with Gasteiger partial charge in [0.15, 0.2) is 0 Å². The number of rotatable bonds is 10. The molecule has 1 atom stereocenters. The van der Waals surface area contributed by atoms with Crippen molar-refractivity contribution in [2.75, 3.05) is 32.1 Å². The summed E-state index contributed by atoms with van der Waals surface area (Å²) in [5.74, 6) is 0.175. The number of ether oxygens (including phenoxy) is 2. The summed E-state index contributed by atoms with van der Waals surface area (Å²) in [5, 5.41) is 3.90. The van der Waals surface area contributed by atoms with Gasteiger partial charge in [0.05, 0.1) is 30.3 Å². The number of halogens is 2. The van der Waals surface area contributed by atoms with E-state index in [0.29, 0.717) is 40.2 Å². The van der Waals surface area contributed by atoms with E-state index in [1.54, 1.807) is 53.2 Å². The second-order valence-corrected chi connectivity index (χ2v) is 12.3. The molecule has 1 aromatic heterocycles. The average Bonchev–Trinajstić information content (AvgIpc) is 3.63. The summed E-state index contributed by atoms with van der Waals surface area (Å²) in [6.07, 6.45) is 3.00. The van der Waals surface area contributed by atoms with Crippen LogP contribution in [-0.4, -0.2) is 61.1 Å². The van der Waals surface area contributed by atoms with Crippen LogP contribution in [-0.2, 0) is 19.6 Å². The van der Waals surface area contributed by atoms with Crippen LogP contribution in [0.15, 0.2) is 83.9 Å². The van der Waals surface area contributed by atoms with Crippen LogP contribution < -0.4 is 10.1 Å². The number of nitrogens with one attached hydrogen (secondary N) is 1. The van der Waals surface area contributed by atoms with Gasteiger partial charge in [0.1, 0.15) is 5.75 Å². The maximum absolute atomic E-state index is 13.7. The van der Waals surface area contributed by atoms with E-state index in [4.69, 9.17) is 32.7 Å². The van der Waals surface area contributed by atoms with Gasteiger partial charge in [-0.05, 0) is 67.4 Å². The minimum absolute atomic E-state index is 0.0422. The topological polar surface area (TPSA) is 103 Å². The minimum Gasteiger partial charge on any atom is -0.497 e. The third-order valence-electron chi connectivity index (χ3n) is 6.63. The zero-order valence-corrected chi connectivity index (χ0v) is 24.5. The third-order valence-corrected chi connectivity index (χ3v) is 8.94. The van der Waals surface area contributed by atoms with Crippen LogP contribution >= 0.6 is 23.2 Å². The van der Waals surface area contributed by atoms with Crippen molar-refractivity contribution in [1.82, 2.24) is 13.9 Å². The van der Waals surface area contributed by atoms with Gasteiger partial charge in [-0.3, -0.25) is 14.7 Å². The molecule has 3 aromatic carbocycles. The fourth-order valence-corrected chi connectivity index (χ4v) is 6.27. The molecule has 1 saturated heterocycles. The van der Waals surface area contributed by atoms with Crippen LogP contribution in [0.2, 0.25) is 10.0 Å². The Morgan fingerprint density at radius 3 is 2.51 bits per heavy atom. The first-order valence-electron chi connectivity index (χ1n) is 12.9. The fourth-order valence-electron chi connectivity index (χ4n) is 4.54. The highest BCUT2D eigenvalue weighted by atomic mass is 35.5. The van der Waals surface area contributed by atoms with E-state index in [1.807, 2.05) is 18.2 Å². The van der Waals surface area contributed by atoms with E-state index in [2.05, 4.69) is 10.3 Å². The number of aromatic nitrogens is 2. The molecule has 1 aliphatic heterocycles. The first-order chi connectivity index (χ1) is 19.7. The van der Waals surface area contributed by atoms with Gasteiger partial charge in [-0.1, -0.05) is 41.4 Å². The predicted octanol–water partition coefficient (Wildman–Crippen LogP) is 5.66. The highest BCUT2D eigenvalue weighted by Gasteiger charge is 2.31. The molecular formula is C29H28Cl2N4O5S. The zero-order chi connectivity index (χ0) is 29.0. The summed E-state index contributed by atoms with van der Waals surface area (Å²) >= 11 is 12.3. The molecule has 0 bridgehead atoms. The number of carbonyl (C=O) groups is 1. The van der Waals surface area contributed by atoms with E-state index in [1.165, 1.54) is 19.2 Å². The Morgan fingerprint density at radius 2 is 1.85 bits per heavy atom. The number of methoxy groups -OCH3 is 1. The minimum atomic E-state index is -4.03. The molecule has 5 rings (SSSR count). The molecule has 9 nitrogen and oxygen atoms in total. The van der Waals surface area contributed by atoms with Gasteiger partial charge >= 0.3 is 0 Å². The van der Waals surface area contributed by atoms with Crippen LogP contribution in [0.5, 0.6) is 5.75 Å². The van der Waals surface area contributed by atoms with Crippen LogP contribution in [0.25, 0.3) is 16.9 Å². The zero-order valence-electron chi connectivity index (χ0n) is 22.2. The Kier molecular flexibility index (Phi) is 8.96. The van der Waals surface area contributed by atoms with E-state index in [-0.39, 0.29) is 23.5 Å². The molecule has 41 heavy (non-hydrogen) atoms. The normalized spacial score (nSPS) is 15.3. The SMILES string of the molecule is COc1ccc(S(=O)(=O)N(CC(=O)Nc2nc(-c3ccc(Cl)cc3)cn2-c2cccc(Cl)c2)C[C@@H]2CCCO2)cc1. The third kappa shape index (κ3) is 6.91. The molecule has 4 aromatic rings. The van der Waals surface area contributed by atoms with Crippen molar-refractivity contribution in [1.29, 1.82) is 0 Å². The Labute approximate surface area is 248 Å². The number of imidazole rings is 1. The maximum atomic E-state index is 13.7. The molecular weight excluding hydrogens is 587 g/mol. The molecule has 1 amide bonds. The largest absolute Gasteiger partial charge is 0.497 e. The van der Waals surface area contributed by atoms with Crippen molar-refractivity contribution in [3.63, 3.8) is 0 Å². The summed E-state index contributed by atoms with van der Waals surface area (Å²) in [4.78, 5) is 18.1.